The molecule has 5 heteroatoms. The molecule has 0 aliphatic heterocycles. The molecule has 0 fully saturated rings. The smallest absolute Gasteiger partial charge is 0.222 e. The molecule has 1 aromatic heterocycles. The van der Waals surface area contributed by atoms with Gasteiger partial charge in [0, 0.05) is 24.5 Å². The Bertz CT molecular complexity index is 378. The molecule has 0 aliphatic rings. The number of hydrogen-bond acceptors (Lipinski definition) is 4. The molecule has 1 rings (SSSR count). The Labute approximate surface area is 113 Å². The molecule has 0 saturated carbocycles. The molecule has 2 N–H and O–H groups in total. The van der Waals surface area contributed by atoms with E-state index in [1.165, 1.54) is 0 Å². The van der Waals surface area contributed by atoms with Crippen molar-refractivity contribution in [3.63, 3.8) is 0 Å². The van der Waals surface area contributed by atoms with Gasteiger partial charge in [0.25, 0.3) is 0 Å². The van der Waals surface area contributed by atoms with Crippen LogP contribution in [0.3, 0.4) is 0 Å². The zero-order valence-electron chi connectivity index (χ0n) is 11.5. The van der Waals surface area contributed by atoms with Gasteiger partial charge >= 0.3 is 0 Å². The minimum absolute atomic E-state index is 0.199. The van der Waals surface area contributed by atoms with E-state index in [0.29, 0.717) is 25.4 Å². The SMILES string of the molecule is Cc1ncc(CN(C)C(=O)CCC(C)CCN)s1. The molecule has 0 bridgehead atoms. The van der Waals surface area contributed by atoms with Crippen molar-refractivity contribution in [3.8, 4) is 0 Å². The summed E-state index contributed by atoms with van der Waals surface area (Å²) >= 11 is 1.64. The maximum Gasteiger partial charge on any atom is 0.222 e. The van der Waals surface area contributed by atoms with Crippen LogP contribution in [0.2, 0.25) is 0 Å². The van der Waals surface area contributed by atoms with Gasteiger partial charge in [-0.1, -0.05) is 6.92 Å². The highest BCUT2D eigenvalue weighted by Gasteiger charge is 2.12. The summed E-state index contributed by atoms with van der Waals surface area (Å²) in [6.45, 7) is 5.48. The first-order chi connectivity index (χ1) is 8.52. The number of carbonyl (C=O) groups is 1. The van der Waals surface area contributed by atoms with Crippen molar-refractivity contribution in [1.82, 2.24) is 9.88 Å². The lowest BCUT2D eigenvalue weighted by Gasteiger charge is -2.17. The second kappa shape index (κ2) is 7.48. The molecule has 102 valence electrons. The number of nitrogens with two attached hydrogens (primary N) is 1. The first-order valence-corrected chi connectivity index (χ1v) is 7.20. The minimum Gasteiger partial charge on any atom is -0.341 e. The van der Waals surface area contributed by atoms with E-state index in [2.05, 4.69) is 11.9 Å². The first-order valence-electron chi connectivity index (χ1n) is 6.38. The molecular weight excluding hydrogens is 246 g/mol. The highest BCUT2D eigenvalue weighted by Crippen LogP contribution is 2.15. The molecule has 0 radical (unpaired) electrons. The van der Waals surface area contributed by atoms with E-state index in [1.807, 2.05) is 20.2 Å². The number of nitrogens with zero attached hydrogens (tertiary/aromatic N) is 2. The summed E-state index contributed by atoms with van der Waals surface area (Å²) in [5, 5.41) is 1.04. The summed E-state index contributed by atoms with van der Waals surface area (Å²) in [6, 6.07) is 0. The van der Waals surface area contributed by atoms with Gasteiger partial charge in [0.2, 0.25) is 5.91 Å². The lowest BCUT2D eigenvalue weighted by Crippen LogP contribution is -2.26. The molecule has 0 aliphatic carbocycles. The predicted molar refractivity (Wildman–Crippen MR) is 75.4 cm³/mol. The van der Waals surface area contributed by atoms with Crippen molar-refractivity contribution >= 4 is 17.2 Å². The molecule has 1 unspecified atom stereocenters. The third kappa shape index (κ3) is 5.14. The molecule has 0 aromatic carbocycles. The van der Waals surface area contributed by atoms with Crippen LogP contribution in [0.25, 0.3) is 0 Å². The normalized spacial score (nSPS) is 12.4. The van der Waals surface area contributed by atoms with Gasteiger partial charge in [0.15, 0.2) is 0 Å². The summed E-state index contributed by atoms with van der Waals surface area (Å²) in [5.41, 5.74) is 5.50. The Kier molecular flexibility index (Phi) is 6.29. The molecule has 1 aromatic rings. The molecule has 1 amide bonds. The van der Waals surface area contributed by atoms with Gasteiger partial charge in [-0.3, -0.25) is 4.79 Å². The maximum atomic E-state index is 11.9. The van der Waals surface area contributed by atoms with Crippen molar-refractivity contribution in [2.45, 2.75) is 39.7 Å². The van der Waals surface area contributed by atoms with Crippen LogP contribution < -0.4 is 5.73 Å². The summed E-state index contributed by atoms with van der Waals surface area (Å²) in [6.07, 6.45) is 4.36. The van der Waals surface area contributed by atoms with E-state index in [1.54, 1.807) is 16.2 Å². The Morgan fingerprint density at radius 1 is 1.56 bits per heavy atom. The van der Waals surface area contributed by atoms with Gasteiger partial charge in [-0.25, -0.2) is 4.98 Å². The molecule has 0 saturated heterocycles. The summed E-state index contributed by atoms with van der Waals surface area (Å²) < 4.78 is 0. The summed E-state index contributed by atoms with van der Waals surface area (Å²) in [5.74, 6) is 0.725. The molecule has 0 spiro atoms. The lowest BCUT2D eigenvalue weighted by atomic mass is 10.0. The van der Waals surface area contributed by atoms with Crippen LogP contribution >= 0.6 is 11.3 Å². The second-order valence-electron chi connectivity index (χ2n) is 4.82. The van der Waals surface area contributed by atoms with Crippen molar-refractivity contribution in [3.05, 3.63) is 16.1 Å². The standard InChI is InChI=1S/C13H23N3OS/c1-10(6-7-14)4-5-13(17)16(3)9-12-8-15-11(2)18-12/h8,10H,4-7,9,14H2,1-3H3. The molecule has 1 atom stereocenters. The number of amides is 1. The zero-order chi connectivity index (χ0) is 13.5. The number of thiazole rings is 1. The number of carbonyl (C=O) groups excluding carboxylic acids is 1. The van der Waals surface area contributed by atoms with Crippen LogP contribution in [0.1, 0.15) is 36.1 Å². The fraction of sp³-hybridized carbons (Fsp3) is 0.692. The summed E-state index contributed by atoms with van der Waals surface area (Å²) in [4.78, 5) is 19.1. The fourth-order valence-corrected chi connectivity index (χ4v) is 2.64. The first kappa shape index (κ1) is 15.1. The molecule has 4 nitrogen and oxygen atoms in total. The average Bonchev–Trinajstić information content (AvgIpc) is 2.72. The van der Waals surface area contributed by atoms with Gasteiger partial charge in [0.1, 0.15) is 0 Å². The fourth-order valence-electron chi connectivity index (χ4n) is 1.79. The van der Waals surface area contributed by atoms with Gasteiger partial charge < -0.3 is 10.6 Å². The average molecular weight is 269 g/mol. The van der Waals surface area contributed by atoms with Gasteiger partial charge in [-0.15, -0.1) is 11.3 Å². The Balaban J connectivity index is 2.33. The van der Waals surface area contributed by atoms with Gasteiger partial charge in [-0.05, 0) is 32.2 Å². The largest absolute Gasteiger partial charge is 0.341 e. The molecule has 18 heavy (non-hydrogen) atoms. The van der Waals surface area contributed by atoms with Crippen molar-refractivity contribution < 1.29 is 4.79 Å². The number of hydrogen-bond donors (Lipinski definition) is 1. The quantitative estimate of drug-likeness (QED) is 0.825. The lowest BCUT2D eigenvalue weighted by molar-refractivity contribution is -0.130. The highest BCUT2D eigenvalue weighted by atomic mass is 32.1. The number of aryl methyl sites for hydroxylation is 1. The van der Waals surface area contributed by atoms with Crippen molar-refractivity contribution in [2.24, 2.45) is 11.7 Å². The topological polar surface area (TPSA) is 59.2 Å². The maximum absolute atomic E-state index is 11.9. The van der Waals surface area contributed by atoms with Gasteiger partial charge in [-0.2, -0.15) is 0 Å². The third-order valence-corrected chi connectivity index (χ3v) is 3.90. The van der Waals surface area contributed by atoms with E-state index in [-0.39, 0.29) is 5.91 Å². The van der Waals surface area contributed by atoms with Gasteiger partial charge in [0.05, 0.1) is 11.6 Å². The van der Waals surface area contributed by atoms with Crippen molar-refractivity contribution in [2.75, 3.05) is 13.6 Å². The van der Waals surface area contributed by atoms with Crippen LogP contribution in [-0.4, -0.2) is 29.4 Å². The van der Waals surface area contributed by atoms with Crippen LogP contribution in [0.15, 0.2) is 6.20 Å². The van der Waals surface area contributed by atoms with Crippen LogP contribution in [0.4, 0.5) is 0 Å². The Morgan fingerprint density at radius 2 is 2.28 bits per heavy atom. The van der Waals surface area contributed by atoms with E-state index in [4.69, 9.17) is 5.73 Å². The Hall–Kier alpha value is -0.940. The highest BCUT2D eigenvalue weighted by molar-refractivity contribution is 7.11. The minimum atomic E-state index is 0.199. The van der Waals surface area contributed by atoms with E-state index >= 15 is 0 Å². The third-order valence-electron chi connectivity index (χ3n) is 3.00. The van der Waals surface area contributed by atoms with E-state index < -0.39 is 0 Å². The monoisotopic (exact) mass is 269 g/mol. The van der Waals surface area contributed by atoms with Crippen LogP contribution in [0.5, 0.6) is 0 Å². The predicted octanol–water partition coefficient (Wildman–Crippen LogP) is 2.18. The molecule has 1 heterocycles. The van der Waals surface area contributed by atoms with Crippen LogP contribution in [-0.2, 0) is 11.3 Å². The van der Waals surface area contributed by atoms with Crippen LogP contribution in [0, 0.1) is 12.8 Å². The Morgan fingerprint density at radius 3 is 2.83 bits per heavy atom. The van der Waals surface area contributed by atoms with E-state index in [0.717, 1.165) is 22.7 Å². The molecular formula is C13H23N3OS. The van der Waals surface area contributed by atoms with Crippen molar-refractivity contribution in [1.29, 1.82) is 0 Å². The number of rotatable bonds is 7. The summed E-state index contributed by atoms with van der Waals surface area (Å²) in [7, 11) is 1.85. The van der Waals surface area contributed by atoms with E-state index in [9.17, 15) is 4.79 Å². The number of aromatic nitrogens is 1. The zero-order valence-corrected chi connectivity index (χ0v) is 12.3. The second-order valence-corrected chi connectivity index (χ2v) is 6.14.